The molecule has 1 aromatic rings. The molecule has 1 fully saturated rings. The lowest BCUT2D eigenvalue weighted by Crippen LogP contribution is -2.20. The molecule has 100 valence electrons. The van der Waals surface area contributed by atoms with Crippen molar-refractivity contribution >= 4 is 0 Å². The lowest BCUT2D eigenvalue weighted by atomic mass is 10.1. The highest BCUT2D eigenvalue weighted by atomic mass is 15.0. The van der Waals surface area contributed by atoms with E-state index in [-0.39, 0.29) is 0 Å². The van der Waals surface area contributed by atoms with Crippen LogP contribution >= 0.6 is 0 Å². The molecule has 1 aromatic heterocycles. The van der Waals surface area contributed by atoms with Crippen LogP contribution in [0, 0.1) is 18.3 Å². The highest BCUT2D eigenvalue weighted by Crippen LogP contribution is 2.57. The minimum absolute atomic E-state index is 0.401. The summed E-state index contributed by atoms with van der Waals surface area (Å²) in [4.78, 5) is 9.25. The standard InChI is InChI=1S/C15H25N3/c1-10(2)7-16-9-13-11(3)8-17-14(18-13)12-6-15(12,4)5/h8,10,12,16H,6-7,9H2,1-5H3. The molecular weight excluding hydrogens is 222 g/mol. The number of aromatic nitrogens is 2. The van der Waals surface area contributed by atoms with Crippen LogP contribution in [0.4, 0.5) is 0 Å². The van der Waals surface area contributed by atoms with Gasteiger partial charge in [0.05, 0.1) is 5.69 Å². The van der Waals surface area contributed by atoms with Crippen LogP contribution in [0.1, 0.15) is 57.1 Å². The zero-order chi connectivity index (χ0) is 13.3. The molecule has 0 aliphatic heterocycles. The van der Waals surface area contributed by atoms with E-state index in [4.69, 9.17) is 4.98 Å². The second-order valence-corrected chi connectivity index (χ2v) is 6.63. The molecule has 0 aromatic carbocycles. The Balaban J connectivity index is 2.03. The van der Waals surface area contributed by atoms with Gasteiger partial charge in [-0.15, -0.1) is 0 Å². The van der Waals surface area contributed by atoms with Crippen LogP contribution in [0.15, 0.2) is 6.20 Å². The minimum Gasteiger partial charge on any atom is -0.311 e. The minimum atomic E-state index is 0.401. The second-order valence-electron chi connectivity index (χ2n) is 6.63. The van der Waals surface area contributed by atoms with Crippen molar-refractivity contribution in [2.75, 3.05) is 6.54 Å². The number of nitrogens with one attached hydrogen (secondary N) is 1. The molecule has 1 aliphatic carbocycles. The average Bonchev–Trinajstić information content (AvgIpc) is 2.90. The summed E-state index contributed by atoms with van der Waals surface area (Å²) in [5, 5.41) is 3.46. The molecule has 3 nitrogen and oxygen atoms in total. The maximum Gasteiger partial charge on any atom is 0.132 e. The van der Waals surface area contributed by atoms with E-state index in [0.29, 0.717) is 17.3 Å². The summed E-state index contributed by atoms with van der Waals surface area (Å²) < 4.78 is 0. The molecule has 0 radical (unpaired) electrons. The summed E-state index contributed by atoms with van der Waals surface area (Å²) in [7, 11) is 0. The number of aryl methyl sites for hydroxylation is 1. The first kappa shape index (κ1) is 13.5. The molecule has 0 saturated heterocycles. The molecular formula is C15H25N3. The van der Waals surface area contributed by atoms with Crippen molar-refractivity contribution in [3.05, 3.63) is 23.3 Å². The predicted molar refractivity (Wildman–Crippen MR) is 74.5 cm³/mol. The Labute approximate surface area is 110 Å². The van der Waals surface area contributed by atoms with E-state index in [1.54, 1.807) is 0 Å². The van der Waals surface area contributed by atoms with Gasteiger partial charge in [-0.3, -0.25) is 0 Å². The van der Waals surface area contributed by atoms with E-state index < -0.39 is 0 Å². The fourth-order valence-corrected chi connectivity index (χ4v) is 2.23. The first-order chi connectivity index (χ1) is 8.40. The monoisotopic (exact) mass is 247 g/mol. The van der Waals surface area contributed by atoms with Crippen molar-refractivity contribution in [1.29, 1.82) is 0 Å². The molecule has 1 unspecified atom stereocenters. The zero-order valence-electron chi connectivity index (χ0n) is 12.2. The summed E-state index contributed by atoms with van der Waals surface area (Å²) in [5.41, 5.74) is 2.74. The van der Waals surface area contributed by atoms with E-state index in [1.807, 2.05) is 6.20 Å². The van der Waals surface area contributed by atoms with Gasteiger partial charge in [-0.05, 0) is 36.8 Å². The predicted octanol–water partition coefficient (Wildman–Crippen LogP) is 3.04. The van der Waals surface area contributed by atoms with Crippen LogP contribution in [-0.2, 0) is 6.54 Å². The SMILES string of the molecule is Cc1cnc(C2CC2(C)C)nc1CNCC(C)C. The van der Waals surface area contributed by atoms with Crippen LogP contribution in [0.2, 0.25) is 0 Å². The van der Waals surface area contributed by atoms with Crippen molar-refractivity contribution in [2.24, 2.45) is 11.3 Å². The number of rotatable bonds is 5. The fraction of sp³-hybridized carbons (Fsp3) is 0.733. The molecule has 1 N–H and O–H groups in total. The largest absolute Gasteiger partial charge is 0.311 e. The van der Waals surface area contributed by atoms with Gasteiger partial charge in [0.15, 0.2) is 0 Å². The third-order valence-electron chi connectivity index (χ3n) is 3.77. The zero-order valence-corrected chi connectivity index (χ0v) is 12.2. The van der Waals surface area contributed by atoms with Gasteiger partial charge in [-0.2, -0.15) is 0 Å². The van der Waals surface area contributed by atoms with Gasteiger partial charge < -0.3 is 5.32 Å². The van der Waals surface area contributed by atoms with Crippen LogP contribution in [-0.4, -0.2) is 16.5 Å². The topological polar surface area (TPSA) is 37.8 Å². The van der Waals surface area contributed by atoms with Crippen molar-refractivity contribution < 1.29 is 0 Å². The Hall–Kier alpha value is -0.960. The van der Waals surface area contributed by atoms with Gasteiger partial charge >= 0.3 is 0 Å². The van der Waals surface area contributed by atoms with Crippen LogP contribution < -0.4 is 5.32 Å². The maximum absolute atomic E-state index is 4.75. The van der Waals surface area contributed by atoms with Gasteiger partial charge in [0.1, 0.15) is 5.82 Å². The third-order valence-corrected chi connectivity index (χ3v) is 3.77. The molecule has 0 bridgehead atoms. The first-order valence-electron chi connectivity index (χ1n) is 6.93. The lowest BCUT2D eigenvalue weighted by Gasteiger charge is -2.10. The number of nitrogens with zero attached hydrogens (tertiary/aromatic N) is 2. The second kappa shape index (κ2) is 4.96. The summed E-state index contributed by atoms with van der Waals surface area (Å²) in [6, 6.07) is 0. The Morgan fingerprint density at radius 1 is 1.44 bits per heavy atom. The quantitative estimate of drug-likeness (QED) is 0.869. The van der Waals surface area contributed by atoms with Crippen LogP contribution in [0.25, 0.3) is 0 Å². The van der Waals surface area contributed by atoms with Gasteiger partial charge in [0.25, 0.3) is 0 Å². The first-order valence-corrected chi connectivity index (χ1v) is 6.93. The highest BCUT2D eigenvalue weighted by Gasteiger charge is 2.48. The Morgan fingerprint density at radius 3 is 2.67 bits per heavy atom. The molecule has 1 atom stereocenters. The normalized spacial score (nSPS) is 21.3. The smallest absolute Gasteiger partial charge is 0.132 e. The van der Waals surface area contributed by atoms with E-state index in [1.165, 1.54) is 12.0 Å². The molecule has 1 heterocycles. The molecule has 1 aliphatic rings. The van der Waals surface area contributed by atoms with Gasteiger partial charge in [0, 0.05) is 18.7 Å². The van der Waals surface area contributed by atoms with Crippen LogP contribution in [0.3, 0.4) is 0 Å². The Bertz CT molecular complexity index is 424. The van der Waals surface area contributed by atoms with E-state index in [0.717, 1.165) is 24.6 Å². The Morgan fingerprint density at radius 2 is 2.11 bits per heavy atom. The van der Waals surface area contributed by atoms with Gasteiger partial charge in [-0.25, -0.2) is 9.97 Å². The highest BCUT2D eigenvalue weighted by molar-refractivity contribution is 5.21. The van der Waals surface area contributed by atoms with Gasteiger partial charge in [-0.1, -0.05) is 27.7 Å². The van der Waals surface area contributed by atoms with Crippen molar-refractivity contribution in [2.45, 2.75) is 53.5 Å². The molecule has 0 amide bonds. The Kier molecular flexibility index (Phi) is 3.71. The number of hydrogen-bond acceptors (Lipinski definition) is 3. The molecule has 1 saturated carbocycles. The molecule has 18 heavy (non-hydrogen) atoms. The summed E-state index contributed by atoms with van der Waals surface area (Å²) >= 11 is 0. The fourth-order valence-electron chi connectivity index (χ4n) is 2.23. The lowest BCUT2D eigenvalue weighted by molar-refractivity contribution is 0.544. The summed E-state index contributed by atoms with van der Waals surface area (Å²) in [6.07, 6.45) is 3.19. The van der Waals surface area contributed by atoms with E-state index >= 15 is 0 Å². The van der Waals surface area contributed by atoms with Crippen LogP contribution in [0.5, 0.6) is 0 Å². The summed E-state index contributed by atoms with van der Waals surface area (Å²) in [5.74, 6) is 2.27. The third kappa shape index (κ3) is 3.08. The molecule has 3 heteroatoms. The van der Waals surface area contributed by atoms with E-state index in [2.05, 4.69) is 44.9 Å². The maximum atomic E-state index is 4.75. The van der Waals surface area contributed by atoms with E-state index in [9.17, 15) is 0 Å². The summed E-state index contributed by atoms with van der Waals surface area (Å²) in [6.45, 7) is 13.0. The molecule has 2 rings (SSSR count). The number of hydrogen-bond donors (Lipinski definition) is 1. The van der Waals surface area contributed by atoms with Gasteiger partial charge in [0.2, 0.25) is 0 Å². The van der Waals surface area contributed by atoms with Crippen molar-refractivity contribution in [3.63, 3.8) is 0 Å². The average molecular weight is 247 g/mol. The van der Waals surface area contributed by atoms with Crippen molar-refractivity contribution in [3.8, 4) is 0 Å². The molecule has 0 spiro atoms. The van der Waals surface area contributed by atoms with Crippen molar-refractivity contribution in [1.82, 2.24) is 15.3 Å².